The van der Waals surface area contributed by atoms with Gasteiger partial charge in [-0.15, -0.1) is 0 Å². The molecule has 0 spiro atoms. The number of nitrogens with two attached hydrogens (primary N) is 1. The quantitative estimate of drug-likeness (QED) is 0.383. The van der Waals surface area contributed by atoms with Crippen molar-refractivity contribution in [1.82, 2.24) is 29.5 Å². The predicted octanol–water partition coefficient (Wildman–Crippen LogP) is 4.05. The first-order valence-corrected chi connectivity index (χ1v) is 11.1. The third-order valence-electron chi connectivity index (χ3n) is 6.21. The fourth-order valence-corrected chi connectivity index (χ4v) is 4.57. The van der Waals surface area contributed by atoms with Crippen LogP contribution in [0.5, 0.6) is 0 Å². The summed E-state index contributed by atoms with van der Waals surface area (Å²) in [5.74, 6) is 0.835. The number of nitrogens with one attached hydrogen (secondary N) is 2. The largest absolute Gasteiger partial charge is 0.378 e. The number of nitrogens with zero attached hydrogens (tertiary/aromatic N) is 5. The summed E-state index contributed by atoms with van der Waals surface area (Å²) in [7, 11) is 0. The number of pyridine rings is 2. The van der Waals surface area contributed by atoms with Crippen molar-refractivity contribution in [1.29, 1.82) is 0 Å². The number of hydrogen-bond donors (Lipinski definition) is 3. The molecule has 0 bridgehead atoms. The number of rotatable bonds is 5. The van der Waals surface area contributed by atoms with Crippen LogP contribution in [0, 0.1) is 6.92 Å². The summed E-state index contributed by atoms with van der Waals surface area (Å²) in [4.78, 5) is 17.4. The molecule has 8 nitrogen and oxygen atoms in total. The van der Waals surface area contributed by atoms with Gasteiger partial charge in [-0.1, -0.05) is 18.2 Å². The second kappa shape index (κ2) is 7.83. The van der Waals surface area contributed by atoms with Crippen molar-refractivity contribution in [3.63, 3.8) is 0 Å². The SMILES string of the molecule is Cc1cccc(-c2nc(CNc3cccc4c3CCC4N)[nH]c2-c2ccc3ncnn3c2)n1. The van der Waals surface area contributed by atoms with Gasteiger partial charge >= 0.3 is 0 Å². The van der Waals surface area contributed by atoms with Gasteiger partial charge in [-0.05, 0) is 61.2 Å². The Balaban J connectivity index is 1.38. The van der Waals surface area contributed by atoms with Crippen LogP contribution in [0.3, 0.4) is 0 Å². The first kappa shape index (κ1) is 19.6. The Hall–Kier alpha value is -4.04. The molecule has 4 N–H and O–H groups in total. The fourth-order valence-electron chi connectivity index (χ4n) is 4.57. The van der Waals surface area contributed by atoms with Crippen LogP contribution < -0.4 is 11.1 Å². The zero-order chi connectivity index (χ0) is 22.4. The van der Waals surface area contributed by atoms with E-state index in [2.05, 4.69) is 38.6 Å². The average Bonchev–Trinajstić information content (AvgIpc) is 3.56. The van der Waals surface area contributed by atoms with Crippen LogP contribution in [0.1, 0.15) is 35.1 Å². The van der Waals surface area contributed by atoms with Gasteiger partial charge in [0, 0.05) is 29.2 Å². The van der Waals surface area contributed by atoms with Crippen molar-refractivity contribution < 1.29 is 0 Å². The van der Waals surface area contributed by atoms with E-state index in [-0.39, 0.29) is 6.04 Å². The maximum absolute atomic E-state index is 6.25. The standard InChI is InChI=1S/C25H24N8/c1-15-4-2-7-21(30-15)25-24(16-8-11-23-28-14-29-33(23)13-16)31-22(32-25)12-27-20-6-3-5-17-18(20)9-10-19(17)26/h2-8,11,13-14,19,27H,9-10,12,26H2,1H3,(H,31,32). The number of benzene rings is 1. The maximum Gasteiger partial charge on any atom is 0.155 e. The third kappa shape index (κ3) is 3.54. The van der Waals surface area contributed by atoms with Crippen LogP contribution in [0.2, 0.25) is 0 Å². The smallest absolute Gasteiger partial charge is 0.155 e. The zero-order valence-electron chi connectivity index (χ0n) is 18.3. The molecule has 0 aliphatic heterocycles. The lowest BCUT2D eigenvalue weighted by atomic mass is 10.1. The van der Waals surface area contributed by atoms with Crippen LogP contribution in [0.25, 0.3) is 28.3 Å². The van der Waals surface area contributed by atoms with Crippen LogP contribution in [0.4, 0.5) is 5.69 Å². The molecular formula is C25H24N8. The number of imidazole rings is 1. The number of hydrogen-bond acceptors (Lipinski definition) is 6. The Morgan fingerprint density at radius 2 is 2.03 bits per heavy atom. The minimum Gasteiger partial charge on any atom is -0.378 e. The Labute approximate surface area is 190 Å². The van der Waals surface area contributed by atoms with Crippen LogP contribution in [0.15, 0.2) is 61.1 Å². The summed E-state index contributed by atoms with van der Waals surface area (Å²) in [6.45, 7) is 2.55. The lowest BCUT2D eigenvalue weighted by molar-refractivity contribution is 0.713. The Morgan fingerprint density at radius 3 is 2.94 bits per heavy atom. The van der Waals surface area contributed by atoms with Gasteiger partial charge in [0.15, 0.2) is 5.65 Å². The molecule has 0 radical (unpaired) electrons. The van der Waals surface area contributed by atoms with E-state index in [9.17, 15) is 0 Å². The lowest BCUT2D eigenvalue weighted by Gasteiger charge is -2.11. The molecule has 33 heavy (non-hydrogen) atoms. The van der Waals surface area contributed by atoms with Crippen molar-refractivity contribution in [3.05, 3.63) is 83.7 Å². The number of aryl methyl sites for hydroxylation is 1. The maximum atomic E-state index is 6.25. The van der Waals surface area contributed by atoms with Gasteiger partial charge in [-0.3, -0.25) is 4.98 Å². The molecule has 1 aromatic carbocycles. The van der Waals surface area contributed by atoms with E-state index >= 15 is 0 Å². The minimum absolute atomic E-state index is 0.127. The fraction of sp³-hybridized carbons (Fsp3) is 0.200. The Kier molecular flexibility index (Phi) is 4.66. The van der Waals surface area contributed by atoms with E-state index in [0.717, 1.165) is 58.3 Å². The van der Waals surface area contributed by atoms with Crippen molar-refractivity contribution in [2.24, 2.45) is 5.73 Å². The summed E-state index contributed by atoms with van der Waals surface area (Å²) < 4.78 is 1.76. The van der Waals surface area contributed by atoms with E-state index in [1.54, 1.807) is 10.8 Å². The molecule has 1 unspecified atom stereocenters. The summed E-state index contributed by atoms with van der Waals surface area (Å²) in [6, 6.07) is 16.4. The molecular weight excluding hydrogens is 412 g/mol. The molecule has 164 valence electrons. The number of H-pyrrole nitrogens is 1. The number of fused-ring (bicyclic) bond motifs is 2. The zero-order valence-corrected chi connectivity index (χ0v) is 18.3. The molecule has 0 saturated carbocycles. The molecule has 1 aliphatic rings. The minimum atomic E-state index is 0.127. The van der Waals surface area contributed by atoms with E-state index in [1.807, 2.05) is 43.5 Å². The number of aromatic nitrogens is 6. The van der Waals surface area contributed by atoms with Crippen LogP contribution >= 0.6 is 0 Å². The molecule has 6 rings (SSSR count). The van der Waals surface area contributed by atoms with Gasteiger partial charge < -0.3 is 16.0 Å². The van der Waals surface area contributed by atoms with Crippen molar-refractivity contribution >= 4 is 11.3 Å². The first-order valence-electron chi connectivity index (χ1n) is 11.1. The molecule has 0 amide bonds. The Bertz CT molecular complexity index is 1460. The van der Waals surface area contributed by atoms with Gasteiger partial charge in [0.2, 0.25) is 0 Å². The molecule has 4 aromatic heterocycles. The molecule has 0 fully saturated rings. The van der Waals surface area contributed by atoms with Gasteiger partial charge in [0.1, 0.15) is 17.8 Å². The van der Waals surface area contributed by atoms with Crippen molar-refractivity contribution in [3.8, 4) is 22.6 Å². The summed E-state index contributed by atoms with van der Waals surface area (Å²) in [5, 5.41) is 7.84. The highest BCUT2D eigenvalue weighted by Gasteiger charge is 2.22. The highest BCUT2D eigenvalue weighted by molar-refractivity contribution is 5.77. The normalized spacial score (nSPS) is 15.2. The topological polar surface area (TPSA) is 110 Å². The van der Waals surface area contributed by atoms with Crippen molar-refractivity contribution in [2.75, 3.05) is 5.32 Å². The third-order valence-corrected chi connectivity index (χ3v) is 6.21. The molecule has 5 aromatic rings. The van der Waals surface area contributed by atoms with Gasteiger partial charge in [-0.25, -0.2) is 14.5 Å². The second-order valence-electron chi connectivity index (χ2n) is 8.42. The predicted molar refractivity (Wildman–Crippen MR) is 128 cm³/mol. The molecule has 1 aliphatic carbocycles. The van der Waals surface area contributed by atoms with E-state index in [4.69, 9.17) is 15.7 Å². The average molecular weight is 437 g/mol. The molecule has 4 heterocycles. The van der Waals surface area contributed by atoms with Gasteiger partial charge in [0.25, 0.3) is 0 Å². The van der Waals surface area contributed by atoms with E-state index in [0.29, 0.717) is 6.54 Å². The van der Waals surface area contributed by atoms with Crippen LogP contribution in [-0.2, 0) is 13.0 Å². The van der Waals surface area contributed by atoms with Gasteiger partial charge in [-0.2, -0.15) is 5.10 Å². The monoisotopic (exact) mass is 436 g/mol. The number of anilines is 1. The summed E-state index contributed by atoms with van der Waals surface area (Å²) in [5.41, 5.74) is 15.2. The highest BCUT2D eigenvalue weighted by Crippen LogP contribution is 2.35. The molecule has 8 heteroatoms. The highest BCUT2D eigenvalue weighted by atomic mass is 15.3. The molecule has 0 saturated heterocycles. The first-order chi connectivity index (χ1) is 16.2. The van der Waals surface area contributed by atoms with Crippen LogP contribution in [-0.4, -0.2) is 29.5 Å². The van der Waals surface area contributed by atoms with E-state index < -0.39 is 0 Å². The second-order valence-corrected chi connectivity index (χ2v) is 8.42. The summed E-state index contributed by atoms with van der Waals surface area (Å²) >= 11 is 0. The molecule has 1 atom stereocenters. The van der Waals surface area contributed by atoms with E-state index in [1.165, 1.54) is 11.1 Å². The number of aromatic amines is 1. The summed E-state index contributed by atoms with van der Waals surface area (Å²) in [6.07, 6.45) is 5.50. The van der Waals surface area contributed by atoms with Crippen molar-refractivity contribution in [2.45, 2.75) is 32.4 Å². The lowest BCUT2D eigenvalue weighted by Crippen LogP contribution is -2.06. The van der Waals surface area contributed by atoms with Gasteiger partial charge in [0.05, 0.1) is 17.9 Å². The Morgan fingerprint density at radius 1 is 1.12 bits per heavy atom.